The van der Waals surface area contributed by atoms with E-state index in [1.165, 1.54) is 43.0 Å². The van der Waals surface area contributed by atoms with Crippen molar-refractivity contribution in [1.82, 2.24) is 20.1 Å². The molecule has 0 aliphatic rings. The maximum absolute atomic E-state index is 13.1. The number of ketones is 1. The van der Waals surface area contributed by atoms with Crippen LogP contribution in [0.2, 0.25) is 0 Å². The number of carbonyl (C=O) groups is 2. The lowest BCUT2D eigenvalue weighted by Gasteiger charge is -2.11. The number of rotatable bonds is 10. The fourth-order valence-electron chi connectivity index (χ4n) is 2.91. The van der Waals surface area contributed by atoms with Crippen molar-refractivity contribution in [3.8, 4) is 11.4 Å². The first-order valence-electron chi connectivity index (χ1n) is 9.72. The van der Waals surface area contributed by atoms with Crippen molar-refractivity contribution in [1.29, 1.82) is 0 Å². The Hall–Kier alpha value is -3.20. The zero-order valence-electron chi connectivity index (χ0n) is 17.3. The van der Waals surface area contributed by atoms with Gasteiger partial charge in [0.1, 0.15) is 17.4 Å². The van der Waals surface area contributed by atoms with Crippen LogP contribution < -0.4 is 10.1 Å². The van der Waals surface area contributed by atoms with Gasteiger partial charge in [-0.1, -0.05) is 11.8 Å². The largest absolute Gasteiger partial charge is 0.497 e. The molecule has 0 aliphatic carbocycles. The molecule has 0 atom stereocenters. The maximum Gasteiger partial charge on any atom is 0.216 e. The van der Waals surface area contributed by atoms with Crippen LogP contribution in [0.25, 0.3) is 5.69 Å². The Balaban J connectivity index is 1.78. The van der Waals surface area contributed by atoms with E-state index in [1.54, 1.807) is 7.11 Å². The molecule has 0 bridgehead atoms. The number of methoxy groups -OCH3 is 1. The predicted molar refractivity (Wildman–Crippen MR) is 116 cm³/mol. The zero-order valence-corrected chi connectivity index (χ0v) is 18.1. The minimum absolute atomic E-state index is 0.0767. The van der Waals surface area contributed by atoms with Gasteiger partial charge >= 0.3 is 0 Å². The second-order valence-electron chi connectivity index (χ2n) is 6.74. The van der Waals surface area contributed by atoms with Crippen molar-refractivity contribution < 1.29 is 18.7 Å². The molecule has 0 radical (unpaired) electrons. The third-order valence-corrected chi connectivity index (χ3v) is 5.41. The molecule has 162 valence electrons. The van der Waals surface area contributed by atoms with E-state index in [0.717, 1.165) is 17.3 Å². The molecular formula is C22H23FN4O3S. The molecular weight excluding hydrogens is 419 g/mol. The normalized spacial score (nSPS) is 10.7. The number of thioether (sulfide) groups is 1. The van der Waals surface area contributed by atoms with Gasteiger partial charge in [-0.2, -0.15) is 0 Å². The van der Waals surface area contributed by atoms with Crippen molar-refractivity contribution >= 4 is 23.5 Å². The first-order valence-corrected chi connectivity index (χ1v) is 10.7. The number of aryl methyl sites for hydroxylation is 1. The first-order chi connectivity index (χ1) is 15.0. The van der Waals surface area contributed by atoms with E-state index in [-0.39, 0.29) is 23.3 Å². The van der Waals surface area contributed by atoms with E-state index in [9.17, 15) is 14.0 Å². The minimum atomic E-state index is -0.382. The molecule has 0 spiro atoms. The zero-order chi connectivity index (χ0) is 22.2. The third-order valence-electron chi connectivity index (χ3n) is 4.48. The fraction of sp³-hybridized carbons (Fsp3) is 0.273. The molecule has 1 amide bonds. The molecule has 0 aliphatic heterocycles. The molecule has 0 saturated carbocycles. The van der Waals surface area contributed by atoms with Gasteiger partial charge in [-0.3, -0.25) is 14.2 Å². The number of ether oxygens (including phenoxy) is 1. The highest BCUT2D eigenvalue weighted by atomic mass is 32.2. The molecule has 3 rings (SSSR count). The Morgan fingerprint density at radius 2 is 1.81 bits per heavy atom. The molecule has 0 fully saturated rings. The Morgan fingerprint density at radius 3 is 2.45 bits per heavy atom. The molecule has 7 nitrogen and oxygen atoms in total. The van der Waals surface area contributed by atoms with Gasteiger partial charge in [0.05, 0.1) is 12.9 Å². The highest BCUT2D eigenvalue weighted by Crippen LogP contribution is 2.25. The lowest BCUT2D eigenvalue weighted by Crippen LogP contribution is -2.21. The van der Waals surface area contributed by atoms with Gasteiger partial charge in [0, 0.05) is 31.1 Å². The van der Waals surface area contributed by atoms with Crippen molar-refractivity contribution in [2.24, 2.45) is 0 Å². The highest BCUT2D eigenvalue weighted by Gasteiger charge is 2.16. The number of nitrogens with one attached hydrogen (secondary N) is 1. The van der Waals surface area contributed by atoms with Crippen LogP contribution in [0.5, 0.6) is 5.75 Å². The number of hydrogen-bond donors (Lipinski definition) is 1. The molecule has 9 heteroatoms. The van der Waals surface area contributed by atoms with Crippen molar-refractivity contribution in [3.63, 3.8) is 0 Å². The average molecular weight is 443 g/mol. The van der Waals surface area contributed by atoms with E-state index in [4.69, 9.17) is 4.74 Å². The summed E-state index contributed by atoms with van der Waals surface area (Å²) >= 11 is 1.27. The second kappa shape index (κ2) is 10.7. The van der Waals surface area contributed by atoms with Crippen molar-refractivity contribution in [3.05, 3.63) is 65.7 Å². The summed E-state index contributed by atoms with van der Waals surface area (Å²) in [5.41, 5.74) is 1.29. The number of benzene rings is 2. The number of nitrogens with zero attached hydrogens (tertiary/aromatic N) is 3. The number of amides is 1. The van der Waals surface area contributed by atoms with Crippen molar-refractivity contribution in [2.75, 3.05) is 19.4 Å². The van der Waals surface area contributed by atoms with Crippen LogP contribution in [0.4, 0.5) is 4.39 Å². The van der Waals surface area contributed by atoms with Crippen LogP contribution in [-0.4, -0.2) is 45.9 Å². The molecule has 1 aromatic heterocycles. The van der Waals surface area contributed by atoms with E-state index in [2.05, 4.69) is 15.5 Å². The summed E-state index contributed by atoms with van der Waals surface area (Å²) in [6.07, 6.45) is 1.30. The second-order valence-corrected chi connectivity index (χ2v) is 7.68. The Bertz CT molecular complexity index is 1040. The monoisotopic (exact) mass is 442 g/mol. The van der Waals surface area contributed by atoms with E-state index in [1.807, 2.05) is 28.8 Å². The van der Waals surface area contributed by atoms with Gasteiger partial charge in [0.2, 0.25) is 5.91 Å². The SMILES string of the molecule is COc1ccc(-n2c(CCCNC(C)=O)nnc2SCC(=O)c2ccc(F)cc2)cc1. The van der Waals surface area contributed by atoms with Crippen LogP contribution >= 0.6 is 11.8 Å². The summed E-state index contributed by atoms with van der Waals surface area (Å²) in [6.45, 7) is 2.02. The first kappa shape index (κ1) is 22.5. The van der Waals surface area contributed by atoms with Gasteiger partial charge in [-0.05, 0) is 55.0 Å². The Morgan fingerprint density at radius 1 is 1.10 bits per heavy atom. The average Bonchev–Trinajstić information content (AvgIpc) is 3.18. The summed E-state index contributed by atoms with van der Waals surface area (Å²) in [6, 6.07) is 13.0. The summed E-state index contributed by atoms with van der Waals surface area (Å²) in [7, 11) is 1.60. The van der Waals surface area contributed by atoms with Gasteiger partial charge in [0.15, 0.2) is 10.9 Å². The van der Waals surface area contributed by atoms with E-state index < -0.39 is 0 Å². The highest BCUT2D eigenvalue weighted by molar-refractivity contribution is 7.99. The van der Waals surface area contributed by atoms with E-state index >= 15 is 0 Å². The predicted octanol–water partition coefficient (Wildman–Crippen LogP) is 3.46. The number of carbonyl (C=O) groups excluding carboxylic acids is 2. The number of Topliss-reactive ketones (excluding diaryl/α,β-unsaturated/α-hetero) is 1. The van der Waals surface area contributed by atoms with Crippen molar-refractivity contribution in [2.45, 2.75) is 24.9 Å². The summed E-state index contributed by atoms with van der Waals surface area (Å²) in [4.78, 5) is 23.6. The maximum atomic E-state index is 13.1. The van der Waals surface area contributed by atoms with Crippen LogP contribution in [0.15, 0.2) is 53.7 Å². The summed E-state index contributed by atoms with van der Waals surface area (Å²) in [5.74, 6) is 1.02. The number of hydrogen-bond acceptors (Lipinski definition) is 6. The number of aromatic nitrogens is 3. The topological polar surface area (TPSA) is 86.1 Å². The lowest BCUT2D eigenvalue weighted by atomic mass is 10.1. The quantitative estimate of drug-likeness (QED) is 0.294. The van der Waals surface area contributed by atoms with Gasteiger partial charge in [0.25, 0.3) is 0 Å². The van der Waals surface area contributed by atoms with E-state index in [0.29, 0.717) is 30.1 Å². The Kier molecular flexibility index (Phi) is 7.77. The smallest absolute Gasteiger partial charge is 0.216 e. The van der Waals surface area contributed by atoms with Crippen LogP contribution in [0.3, 0.4) is 0 Å². The lowest BCUT2D eigenvalue weighted by molar-refractivity contribution is -0.118. The minimum Gasteiger partial charge on any atom is -0.497 e. The van der Waals surface area contributed by atoms with Gasteiger partial charge < -0.3 is 10.1 Å². The molecule has 1 heterocycles. The third kappa shape index (κ3) is 6.14. The van der Waals surface area contributed by atoms with Crippen LogP contribution in [-0.2, 0) is 11.2 Å². The molecule has 1 N–H and O–H groups in total. The van der Waals surface area contributed by atoms with Crippen LogP contribution in [0.1, 0.15) is 29.5 Å². The molecule has 0 saturated heterocycles. The molecule has 3 aromatic rings. The standard InChI is InChI=1S/C22H23FN4O3S/c1-15(28)24-13-3-4-21-25-26-22(27(21)18-9-11-19(30-2)12-10-18)31-14-20(29)16-5-7-17(23)8-6-16/h5-12H,3-4,13-14H2,1-2H3,(H,24,28). The fourth-order valence-corrected chi connectivity index (χ4v) is 3.77. The molecule has 0 unspecified atom stereocenters. The summed E-state index contributed by atoms with van der Waals surface area (Å²) in [5, 5.41) is 11.9. The Labute approximate surface area is 184 Å². The van der Waals surface area contributed by atoms with Gasteiger partial charge in [-0.25, -0.2) is 4.39 Å². The van der Waals surface area contributed by atoms with Gasteiger partial charge in [-0.15, -0.1) is 10.2 Å². The molecule has 31 heavy (non-hydrogen) atoms. The molecule has 2 aromatic carbocycles. The van der Waals surface area contributed by atoms with Crippen LogP contribution in [0, 0.1) is 5.82 Å². The number of halogens is 1. The summed E-state index contributed by atoms with van der Waals surface area (Å²) < 4.78 is 20.2.